The number of carbonyl (C=O) groups is 2. The van der Waals surface area contributed by atoms with Gasteiger partial charge in [-0.05, 0) is 57.2 Å². The fourth-order valence-electron chi connectivity index (χ4n) is 3.56. The van der Waals surface area contributed by atoms with Crippen LogP contribution in [-0.4, -0.2) is 60.6 Å². The number of rotatable bonds is 7. The van der Waals surface area contributed by atoms with Crippen molar-refractivity contribution in [2.24, 2.45) is 0 Å². The molecule has 3 rings (SSSR count). The van der Waals surface area contributed by atoms with Gasteiger partial charge < -0.3 is 19.3 Å². The number of hydrogen-bond acceptors (Lipinski definition) is 7. The minimum atomic E-state index is -0.595. The van der Waals surface area contributed by atoms with Crippen LogP contribution in [0.4, 0.5) is 11.4 Å². The Kier molecular flexibility index (Phi) is 7.29. The van der Waals surface area contributed by atoms with Crippen LogP contribution in [0.15, 0.2) is 42.5 Å². The lowest BCUT2D eigenvalue weighted by atomic mass is 10.1. The van der Waals surface area contributed by atoms with E-state index < -0.39 is 10.9 Å². The molecular weight excluding hydrogens is 414 g/mol. The van der Waals surface area contributed by atoms with Crippen molar-refractivity contribution in [2.75, 3.05) is 37.7 Å². The van der Waals surface area contributed by atoms with Gasteiger partial charge in [-0.25, -0.2) is 4.79 Å². The van der Waals surface area contributed by atoms with Crippen LogP contribution < -0.4 is 9.64 Å². The zero-order valence-electron chi connectivity index (χ0n) is 18.4. The molecule has 0 spiro atoms. The van der Waals surface area contributed by atoms with Gasteiger partial charge in [0.05, 0.1) is 23.2 Å². The summed E-state index contributed by atoms with van der Waals surface area (Å²) in [6, 6.07) is 11.4. The highest BCUT2D eigenvalue weighted by Gasteiger charge is 2.27. The van der Waals surface area contributed by atoms with Gasteiger partial charge in [-0.2, -0.15) is 0 Å². The van der Waals surface area contributed by atoms with Crippen molar-refractivity contribution in [3.63, 3.8) is 0 Å². The zero-order valence-corrected chi connectivity index (χ0v) is 18.4. The number of hydrogen-bond donors (Lipinski definition) is 0. The van der Waals surface area contributed by atoms with Crippen molar-refractivity contribution in [3.05, 3.63) is 63.7 Å². The lowest BCUT2D eigenvalue weighted by Crippen LogP contribution is -2.49. The van der Waals surface area contributed by atoms with Gasteiger partial charge in [-0.15, -0.1) is 0 Å². The van der Waals surface area contributed by atoms with Crippen molar-refractivity contribution < 1.29 is 24.0 Å². The van der Waals surface area contributed by atoms with Crippen LogP contribution in [-0.2, 0) is 4.74 Å². The summed E-state index contributed by atoms with van der Waals surface area (Å²) in [6.07, 6.45) is 0.0556. The van der Waals surface area contributed by atoms with E-state index in [0.29, 0.717) is 43.2 Å². The number of anilines is 1. The Morgan fingerprint density at radius 2 is 1.66 bits per heavy atom. The van der Waals surface area contributed by atoms with Gasteiger partial charge >= 0.3 is 5.97 Å². The van der Waals surface area contributed by atoms with Gasteiger partial charge in [0.25, 0.3) is 11.6 Å². The number of nitro groups is 1. The summed E-state index contributed by atoms with van der Waals surface area (Å²) in [5.74, 6) is 0.0234. The van der Waals surface area contributed by atoms with Crippen molar-refractivity contribution in [1.29, 1.82) is 0 Å². The molecule has 1 fully saturated rings. The Hall–Kier alpha value is -3.62. The first-order valence-corrected chi connectivity index (χ1v) is 10.6. The molecule has 170 valence electrons. The maximum Gasteiger partial charge on any atom is 0.338 e. The molecule has 0 bridgehead atoms. The number of nitrogens with zero attached hydrogens (tertiary/aromatic N) is 3. The Morgan fingerprint density at radius 3 is 2.22 bits per heavy atom. The van der Waals surface area contributed by atoms with Crippen LogP contribution in [0.2, 0.25) is 0 Å². The molecule has 0 atom stereocenters. The molecule has 1 saturated heterocycles. The van der Waals surface area contributed by atoms with Gasteiger partial charge in [-0.3, -0.25) is 14.9 Å². The number of amides is 1. The van der Waals surface area contributed by atoms with Crippen LogP contribution in [0.1, 0.15) is 41.5 Å². The summed E-state index contributed by atoms with van der Waals surface area (Å²) in [5.41, 5.74) is 0.974. The maximum atomic E-state index is 12.8. The van der Waals surface area contributed by atoms with Gasteiger partial charge in [-0.1, -0.05) is 0 Å². The van der Waals surface area contributed by atoms with Gasteiger partial charge in [0.15, 0.2) is 0 Å². The Labute approximate surface area is 186 Å². The lowest BCUT2D eigenvalue weighted by molar-refractivity contribution is -0.384. The summed E-state index contributed by atoms with van der Waals surface area (Å²) in [7, 11) is 0. The van der Waals surface area contributed by atoms with Crippen molar-refractivity contribution >= 4 is 23.3 Å². The van der Waals surface area contributed by atoms with Crippen LogP contribution in [0.3, 0.4) is 0 Å². The molecule has 9 nitrogen and oxygen atoms in total. The SMILES string of the molecule is CCOC(=O)c1ccc(N2CCN(C(=O)c3ccc(OC(C)C)cc3)CC2)c([N+](=O)[O-])c1. The molecule has 1 heterocycles. The van der Waals surface area contributed by atoms with Crippen LogP contribution in [0.25, 0.3) is 0 Å². The number of esters is 1. The number of benzene rings is 2. The monoisotopic (exact) mass is 441 g/mol. The largest absolute Gasteiger partial charge is 0.491 e. The fraction of sp³-hybridized carbons (Fsp3) is 0.391. The Bertz CT molecular complexity index is 982. The molecule has 9 heteroatoms. The second-order valence-electron chi connectivity index (χ2n) is 7.65. The molecule has 0 aliphatic carbocycles. The zero-order chi connectivity index (χ0) is 23.3. The van der Waals surface area contributed by atoms with Gasteiger partial charge in [0.1, 0.15) is 11.4 Å². The van der Waals surface area contributed by atoms with Crippen molar-refractivity contribution in [3.8, 4) is 5.75 Å². The van der Waals surface area contributed by atoms with Crippen molar-refractivity contribution in [1.82, 2.24) is 4.90 Å². The van der Waals surface area contributed by atoms with E-state index in [4.69, 9.17) is 9.47 Å². The van der Waals surface area contributed by atoms with Crippen LogP contribution >= 0.6 is 0 Å². The van der Waals surface area contributed by atoms with E-state index in [-0.39, 0.29) is 29.9 Å². The predicted octanol–water partition coefficient (Wildman–Crippen LogP) is 3.52. The number of carbonyl (C=O) groups excluding carboxylic acids is 2. The molecule has 32 heavy (non-hydrogen) atoms. The number of piperazine rings is 1. The van der Waals surface area contributed by atoms with Gasteiger partial charge in [0.2, 0.25) is 0 Å². The number of ether oxygens (including phenoxy) is 2. The van der Waals surface area contributed by atoms with E-state index in [1.165, 1.54) is 12.1 Å². The molecule has 2 aromatic rings. The summed E-state index contributed by atoms with van der Waals surface area (Å²) in [6.45, 7) is 7.49. The normalized spacial score (nSPS) is 13.8. The molecule has 0 aromatic heterocycles. The molecule has 2 aromatic carbocycles. The highest BCUT2D eigenvalue weighted by molar-refractivity contribution is 5.94. The first kappa shape index (κ1) is 23.1. The standard InChI is InChI=1S/C23H27N3O6/c1-4-31-23(28)18-7-10-20(21(15-18)26(29)30)24-11-13-25(14-12-24)22(27)17-5-8-19(9-6-17)32-16(2)3/h5-10,15-16H,4,11-14H2,1-3H3. The van der Waals surface area contributed by atoms with E-state index >= 15 is 0 Å². The smallest absolute Gasteiger partial charge is 0.338 e. The van der Waals surface area contributed by atoms with Crippen molar-refractivity contribution in [2.45, 2.75) is 26.9 Å². The third-order valence-corrected chi connectivity index (χ3v) is 5.06. The number of nitro benzene ring substituents is 1. The molecule has 0 N–H and O–H groups in total. The molecule has 1 aliphatic heterocycles. The van der Waals surface area contributed by atoms with Crippen LogP contribution in [0, 0.1) is 10.1 Å². The third-order valence-electron chi connectivity index (χ3n) is 5.06. The van der Waals surface area contributed by atoms with E-state index in [1.54, 1.807) is 42.2 Å². The highest BCUT2D eigenvalue weighted by Crippen LogP contribution is 2.30. The minimum absolute atomic E-state index is 0.0556. The summed E-state index contributed by atoms with van der Waals surface area (Å²) < 4.78 is 10.5. The molecule has 0 unspecified atom stereocenters. The summed E-state index contributed by atoms with van der Waals surface area (Å²) in [4.78, 5) is 39.4. The lowest BCUT2D eigenvalue weighted by Gasteiger charge is -2.36. The average molecular weight is 441 g/mol. The van der Waals surface area contributed by atoms with E-state index in [2.05, 4.69) is 0 Å². The van der Waals surface area contributed by atoms with E-state index in [9.17, 15) is 19.7 Å². The topological polar surface area (TPSA) is 102 Å². The first-order valence-electron chi connectivity index (χ1n) is 10.6. The van der Waals surface area contributed by atoms with E-state index in [1.807, 2.05) is 18.7 Å². The van der Waals surface area contributed by atoms with Gasteiger partial charge in [0, 0.05) is 37.8 Å². The maximum absolute atomic E-state index is 12.8. The second kappa shape index (κ2) is 10.1. The van der Waals surface area contributed by atoms with Crippen LogP contribution in [0.5, 0.6) is 5.75 Å². The molecular formula is C23H27N3O6. The quantitative estimate of drug-likeness (QED) is 0.368. The molecule has 1 amide bonds. The average Bonchev–Trinajstić information content (AvgIpc) is 2.78. The highest BCUT2D eigenvalue weighted by atomic mass is 16.6. The predicted molar refractivity (Wildman–Crippen MR) is 119 cm³/mol. The minimum Gasteiger partial charge on any atom is -0.491 e. The summed E-state index contributed by atoms with van der Waals surface area (Å²) in [5, 5.41) is 11.6. The summed E-state index contributed by atoms with van der Waals surface area (Å²) >= 11 is 0. The second-order valence-corrected chi connectivity index (χ2v) is 7.65. The molecule has 1 aliphatic rings. The fourth-order valence-corrected chi connectivity index (χ4v) is 3.56. The molecule has 0 radical (unpaired) electrons. The third kappa shape index (κ3) is 5.35. The molecule has 0 saturated carbocycles. The Morgan fingerprint density at radius 1 is 1.03 bits per heavy atom. The Balaban J connectivity index is 1.68. The first-order chi connectivity index (χ1) is 15.3. The van der Waals surface area contributed by atoms with E-state index in [0.717, 1.165) is 0 Å².